The normalized spacial score (nSPS) is 23.0. The number of rotatable bonds is 3. The minimum Gasteiger partial charge on any atom is -1.00 e. The summed E-state index contributed by atoms with van der Waals surface area (Å²) in [6.45, 7) is 5.03. The maximum absolute atomic E-state index is 11.0. The molecule has 1 N–H and O–H groups in total. The Labute approximate surface area is 188 Å². The molecule has 0 aromatic heterocycles. The van der Waals surface area contributed by atoms with Gasteiger partial charge in [-0.15, -0.1) is 0 Å². The first-order valence-corrected chi connectivity index (χ1v) is 12.7. The summed E-state index contributed by atoms with van der Waals surface area (Å²) in [6, 6.07) is 8.77. The summed E-state index contributed by atoms with van der Waals surface area (Å²) in [7, 11) is -2.21. The van der Waals surface area contributed by atoms with E-state index in [1.165, 1.54) is 58.1 Å². The zero-order chi connectivity index (χ0) is 17.3. The van der Waals surface area contributed by atoms with Crippen LogP contribution in [0.1, 0.15) is 33.7 Å². The second kappa shape index (κ2) is 7.31. The molecule has 2 aliphatic carbocycles. The molecule has 0 spiro atoms. The van der Waals surface area contributed by atoms with Crippen molar-refractivity contribution in [3.63, 3.8) is 0 Å². The van der Waals surface area contributed by atoms with Crippen molar-refractivity contribution in [2.75, 3.05) is 6.61 Å². The Hall–Kier alpha value is -0.640. The number of benzene rings is 2. The van der Waals surface area contributed by atoms with E-state index in [0.717, 1.165) is 16.8 Å². The molecule has 2 aromatic rings. The monoisotopic (exact) mass is 491 g/mol. The van der Waals surface area contributed by atoms with E-state index in [9.17, 15) is 5.11 Å². The van der Waals surface area contributed by atoms with Gasteiger partial charge in [0, 0.05) is 0 Å². The fourth-order valence-corrected chi connectivity index (χ4v) is 10.2. The molecule has 6 heteroatoms. The maximum atomic E-state index is 11.0. The Morgan fingerprint density at radius 3 is 2.59 bits per heavy atom. The van der Waals surface area contributed by atoms with E-state index >= 15 is 0 Å². The van der Waals surface area contributed by atoms with E-state index in [-0.39, 0.29) is 24.8 Å². The van der Waals surface area contributed by atoms with E-state index in [1.54, 1.807) is 0 Å². The summed E-state index contributed by atoms with van der Waals surface area (Å²) in [5.74, 6) is 0.518. The SMILES string of the molecule is CCO[Si]1(C)c2c(O)c1c1c(c2C2=CC=CC2)-c2ccccc2[CH]1[Zr+2].[Cl-].[Cl-]. The van der Waals surface area contributed by atoms with Crippen molar-refractivity contribution in [3.8, 4) is 16.9 Å². The maximum Gasteiger partial charge on any atom is -1.00 e. The zero-order valence-corrected chi connectivity index (χ0v) is 20.1. The van der Waals surface area contributed by atoms with Crippen LogP contribution >= 0.6 is 0 Å². The molecular formula is C21H19Cl2O2SiZr. The van der Waals surface area contributed by atoms with Crippen molar-refractivity contribution >= 4 is 24.3 Å². The molecular weight excluding hydrogens is 474 g/mol. The van der Waals surface area contributed by atoms with Crippen LogP contribution in [0.2, 0.25) is 6.55 Å². The molecule has 0 radical (unpaired) electrons. The third-order valence-corrected chi connectivity index (χ3v) is 11.1. The summed E-state index contributed by atoms with van der Waals surface area (Å²) in [5.41, 5.74) is 8.10. The largest absolute Gasteiger partial charge is 1.00 e. The van der Waals surface area contributed by atoms with Crippen LogP contribution in [-0.2, 0) is 29.1 Å². The third-order valence-electron chi connectivity index (χ3n) is 5.82. The van der Waals surface area contributed by atoms with Gasteiger partial charge in [0.1, 0.15) is 0 Å². The average molecular weight is 494 g/mol. The van der Waals surface area contributed by atoms with Gasteiger partial charge in [0.25, 0.3) is 0 Å². The van der Waals surface area contributed by atoms with Crippen LogP contribution < -0.4 is 35.2 Å². The molecule has 2 aliphatic heterocycles. The van der Waals surface area contributed by atoms with E-state index in [2.05, 4.69) is 56.0 Å². The number of hydrogen-bond donors (Lipinski definition) is 1. The van der Waals surface area contributed by atoms with Gasteiger partial charge in [-0.3, -0.25) is 0 Å². The Balaban J connectivity index is 0.00000105. The number of phenolic OH excluding ortho intramolecular Hbond substituents is 1. The van der Waals surface area contributed by atoms with E-state index < -0.39 is 8.32 Å². The first-order chi connectivity index (χ1) is 12.1. The predicted octanol–water partition coefficient (Wildman–Crippen LogP) is -2.60. The van der Waals surface area contributed by atoms with Crippen LogP contribution in [0.4, 0.5) is 0 Å². The molecule has 0 saturated carbocycles. The Morgan fingerprint density at radius 1 is 1.19 bits per heavy atom. The standard InChI is InChI=1S/C21H19O2Si.2ClH.Zr/c1-3-23-24(2)20-16-12-14-10-6-7-11-15(14)18(16)17(21(24)19(20)22)13-8-4-5-9-13;;;/h4-8,10-12,22H,3,9H2,1-2H3;2*1H;/q;;;+2/p-2. The Kier molecular flexibility index (Phi) is 5.71. The summed E-state index contributed by atoms with van der Waals surface area (Å²) in [4.78, 5) is 0. The molecule has 27 heavy (non-hydrogen) atoms. The molecule has 0 amide bonds. The van der Waals surface area contributed by atoms with Crippen LogP contribution in [0.3, 0.4) is 0 Å². The van der Waals surface area contributed by atoms with Gasteiger partial charge in [-0.2, -0.15) is 0 Å². The van der Waals surface area contributed by atoms with Crippen molar-refractivity contribution in [3.05, 3.63) is 59.2 Å². The Bertz CT molecular complexity index is 1000. The number of fused-ring (bicyclic) bond motifs is 1. The van der Waals surface area contributed by atoms with Gasteiger partial charge in [-0.25, -0.2) is 0 Å². The molecule has 2 unspecified atom stereocenters. The van der Waals surface area contributed by atoms with Crippen LogP contribution in [-0.4, -0.2) is 20.0 Å². The summed E-state index contributed by atoms with van der Waals surface area (Å²) < 4.78 is 6.74. The molecule has 2 heterocycles. The van der Waals surface area contributed by atoms with Gasteiger partial charge < -0.3 is 24.8 Å². The topological polar surface area (TPSA) is 29.5 Å². The van der Waals surface area contributed by atoms with Crippen molar-refractivity contribution in [1.29, 1.82) is 0 Å². The molecule has 2 nitrogen and oxygen atoms in total. The number of phenols is 1. The summed E-state index contributed by atoms with van der Waals surface area (Å²) in [6.07, 6.45) is 7.49. The van der Waals surface area contributed by atoms with Crippen molar-refractivity contribution in [2.45, 2.75) is 23.5 Å². The second-order valence-electron chi connectivity index (χ2n) is 7.07. The molecule has 2 aromatic carbocycles. The predicted molar refractivity (Wildman–Crippen MR) is 99.6 cm³/mol. The van der Waals surface area contributed by atoms with Crippen LogP contribution in [0.15, 0.2) is 42.5 Å². The molecule has 4 aliphatic rings. The fraction of sp³-hybridized carbons (Fsp3) is 0.238. The van der Waals surface area contributed by atoms with Crippen LogP contribution in [0.5, 0.6) is 5.75 Å². The molecule has 6 rings (SSSR count). The zero-order valence-electron chi connectivity index (χ0n) is 15.1. The van der Waals surface area contributed by atoms with Gasteiger partial charge in [-0.05, 0) is 0 Å². The third kappa shape index (κ3) is 2.57. The van der Waals surface area contributed by atoms with Crippen molar-refractivity contribution in [2.24, 2.45) is 0 Å². The van der Waals surface area contributed by atoms with Crippen molar-refractivity contribution in [1.82, 2.24) is 0 Å². The first kappa shape index (κ1) is 21.1. The molecule has 137 valence electrons. The quantitative estimate of drug-likeness (QED) is 0.476. The first-order valence-electron chi connectivity index (χ1n) is 8.83. The van der Waals surface area contributed by atoms with Gasteiger partial charge in [-0.1, -0.05) is 0 Å². The molecule has 2 bridgehead atoms. The van der Waals surface area contributed by atoms with Crippen LogP contribution in [0, 0.1) is 0 Å². The molecule has 2 atom stereocenters. The van der Waals surface area contributed by atoms with E-state index in [1.807, 2.05) is 0 Å². The summed E-state index contributed by atoms with van der Waals surface area (Å²) in [5, 5.41) is 13.3. The van der Waals surface area contributed by atoms with Crippen LogP contribution in [0.25, 0.3) is 16.7 Å². The van der Waals surface area contributed by atoms with Gasteiger partial charge in [0.2, 0.25) is 0 Å². The fourth-order valence-electron chi connectivity index (χ4n) is 4.85. The Morgan fingerprint density at radius 2 is 1.93 bits per heavy atom. The van der Waals surface area contributed by atoms with Gasteiger partial charge >= 0.3 is 165 Å². The number of hydrogen-bond acceptors (Lipinski definition) is 2. The van der Waals surface area contributed by atoms with Gasteiger partial charge in [0.15, 0.2) is 0 Å². The minimum absolute atomic E-state index is 0. The minimum atomic E-state index is -2.21. The smallest absolute Gasteiger partial charge is 1.00 e. The number of aromatic hydroxyl groups is 1. The second-order valence-corrected chi connectivity index (χ2v) is 11.8. The van der Waals surface area contributed by atoms with Gasteiger partial charge in [0.05, 0.1) is 0 Å². The number of halogens is 2. The molecule has 0 fully saturated rings. The van der Waals surface area contributed by atoms with Crippen molar-refractivity contribution < 1.29 is 59.1 Å². The number of allylic oxidation sites excluding steroid dienone is 4. The summed E-state index contributed by atoms with van der Waals surface area (Å²) >= 11 is 1.48. The van der Waals surface area contributed by atoms with E-state index in [0.29, 0.717) is 16.0 Å². The molecule has 0 saturated heterocycles. The average Bonchev–Trinajstić information content (AvgIpc) is 3.23. The van der Waals surface area contributed by atoms with E-state index in [4.69, 9.17) is 4.43 Å².